The van der Waals surface area contributed by atoms with Crippen LogP contribution in [0.5, 0.6) is 0 Å². The van der Waals surface area contributed by atoms with E-state index in [1.54, 1.807) is 18.2 Å². The predicted molar refractivity (Wildman–Crippen MR) is 65.9 cm³/mol. The van der Waals surface area contributed by atoms with E-state index < -0.39 is 0 Å². The minimum atomic E-state index is -0.255. The van der Waals surface area contributed by atoms with E-state index in [2.05, 4.69) is 9.97 Å². The average Bonchev–Trinajstić information content (AvgIpc) is 2.72. The Morgan fingerprint density at radius 3 is 2.59 bits per heavy atom. The highest BCUT2D eigenvalue weighted by Crippen LogP contribution is 2.21. The first-order valence-corrected chi connectivity index (χ1v) is 5.23. The number of rotatable bonds is 1. The molecule has 0 bridgehead atoms. The van der Waals surface area contributed by atoms with Crippen LogP contribution in [0.25, 0.3) is 22.4 Å². The zero-order valence-corrected chi connectivity index (χ0v) is 8.94. The van der Waals surface area contributed by atoms with Gasteiger partial charge in [0.05, 0.1) is 11.0 Å². The first-order chi connectivity index (χ1) is 8.22. The molecule has 3 N–H and O–H groups in total. The van der Waals surface area contributed by atoms with E-state index in [1.807, 2.05) is 12.1 Å². The van der Waals surface area contributed by atoms with Gasteiger partial charge in [-0.05, 0) is 42.5 Å². The molecule has 1 aromatic heterocycles. The van der Waals surface area contributed by atoms with Crippen LogP contribution < -0.4 is 5.73 Å². The van der Waals surface area contributed by atoms with Crippen molar-refractivity contribution < 1.29 is 4.39 Å². The molecule has 0 fully saturated rings. The van der Waals surface area contributed by atoms with Gasteiger partial charge in [-0.25, -0.2) is 9.37 Å². The van der Waals surface area contributed by atoms with Crippen LogP contribution in [0, 0.1) is 5.82 Å². The molecule has 84 valence electrons. The molecule has 2 aromatic carbocycles. The summed E-state index contributed by atoms with van der Waals surface area (Å²) >= 11 is 0. The van der Waals surface area contributed by atoms with Crippen molar-refractivity contribution in [3.05, 3.63) is 48.3 Å². The van der Waals surface area contributed by atoms with Gasteiger partial charge < -0.3 is 10.7 Å². The third-order valence-corrected chi connectivity index (χ3v) is 2.62. The number of imidazole rings is 1. The number of fused-ring (bicyclic) bond motifs is 1. The molecule has 3 nitrogen and oxygen atoms in total. The van der Waals surface area contributed by atoms with Crippen molar-refractivity contribution in [3.63, 3.8) is 0 Å². The molecule has 3 rings (SSSR count). The summed E-state index contributed by atoms with van der Waals surface area (Å²) in [6.07, 6.45) is 0. The molecule has 0 atom stereocenters. The highest BCUT2D eigenvalue weighted by Gasteiger charge is 2.05. The third kappa shape index (κ3) is 1.73. The highest BCUT2D eigenvalue weighted by molar-refractivity contribution is 5.82. The lowest BCUT2D eigenvalue weighted by Crippen LogP contribution is -1.82. The second-order valence-corrected chi connectivity index (χ2v) is 3.87. The number of hydrogen-bond acceptors (Lipinski definition) is 2. The number of nitrogens with zero attached hydrogens (tertiary/aromatic N) is 1. The van der Waals surface area contributed by atoms with E-state index in [-0.39, 0.29) is 5.82 Å². The van der Waals surface area contributed by atoms with Gasteiger partial charge in [0, 0.05) is 11.3 Å². The van der Waals surface area contributed by atoms with E-state index >= 15 is 0 Å². The lowest BCUT2D eigenvalue weighted by molar-refractivity contribution is 0.628. The van der Waals surface area contributed by atoms with Crippen molar-refractivity contribution in [2.24, 2.45) is 0 Å². The molecular formula is C13H10FN3. The van der Waals surface area contributed by atoms with Crippen LogP contribution in [0.15, 0.2) is 42.5 Å². The van der Waals surface area contributed by atoms with Crippen LogP contribution in [0.4, 0.5) is 10.1 Å². The maximum atomic E-state index is 12.8. The molecule has 17 heavy (non-hydrogen) atoms. The largest absolute Gasteiger partial charge is 0.399 e. The number of halogens is 1. The lowest BCUT2D eigenvalue weighted by atomic mass is 10.2. The number of aromatic amines is 1. The van der Waals surface area contributed by atoms with Crippen LogP contribution in [-0.4, -0.2) is 9.97 Å². The van der Waals surface area contributed by atoms with Crippen LogP contribution >= 0.6 is 0 Å². The molecule has 4 heteroatoms. The summed E-state index contributed by atoms with van der Waals surface area (Å²) in [6, 6.07) is 11.7. The second kappa shape index (κ2) is 3.59. The van der Waals surface area contributed by atoms with Gasteiger partial charge in [-0.2, -0.15) is 0 Å². The standard InChI is InChI=1S/C13H10FN3/c14-9-3-1-8(2-4-9)13-16-11-6-5-10(15)7-12(11)17-13/h1-7H,15H2,(H,16,17). The van der Waals surface area contributed by atoms with Crippen molar-refractivity contribution in [2.75, 3.05) is 5.73 Å². The van der Waals surface area contributed by atoms with Crippen LogP contribution in [-0.2, 0) is 0 Å². The smallest absolute Gasteiger partial charge is 0.138 e. The monoisotopic (exact) mass is 227 g/mol. The quantitative estimate of drug-likeness (QED) is 0.628. The summed E-state index contributed by atoms with van der Waals surface area (Å²) in [5.41, 5.74) is 8.95. The minimum Gasteiger partial charge on any atom is -0.399 e. The van der Waals surface area contributed by atoms with Gasteiger partial charge in [0.15, 0.2) is 0 Å². The molecule has 0 aliphatic rings. The zero-order chi connectivity index (χ0) is 11.8. The zero-order valence-electron chi connectivity index (χ0n) is 8.94. The van der Waals surface area contributed by atoms with Crippen LogP contribution in [0.3, 0.4) is 0 Å². The summed E-state index contributed by atoms with van der Waals surface area (Å²) in [5, 5.41) is 0. The summed E-state index contributed by atoms with van der Waals surface area (Å²) < 4.78 is 12.8. The van der Waals surface area contributed by atoms with Crippen molar-refractivity contribution in [3.8, 4) is 11.4 Å². The summed E-state index contributed by atoms with van der Waals surface area (Å²) in [4.78, 5) is 7.58. The molecule has 0 saturated carbocycles. The van der Waals surface area contributed by atoms with Crippen molar-refractivity contribution >= 4 is 16.7 Å². The van der Waals surface area contributed by atoms with Gasteiger partial charge in [-0.15, -0.1) is 0 Å². The Bertz CT molecular complexity index is 671. The van der Waals surface area contributed by atoms with E-state index in [0.29, 0.717) is 11.5 Å². The second-order valence-electron chi connectivity index (χ2n) is 3.87. The van der Waals surface area contributed by atoms with E-state index in [1.165, 1.54) is 12.1 Å². The maximum Gasteiger partial charge on any atom is 0.138 e. The number of hydrogen-bond donors (Lipinski definition) is 2. The van der Waals surface area contributed by atoms with Crippen LogP contribution in [0.2, 0.25) is 0 Å². The number of nitrogens with one attached hydrogen (secondary N) is 1. The fourth-order valence-electron chi connectivity index (χ4n) is 1.77. The van der Waals surface area contributed by atoms with Crippen molar-refractivity contribution in [1.82, 2.24) is 9.97 Å². The Labute approximate surface area is 97.1 Å². The van der Waals surface area contributed by atoms with E-state index in [4.69, 9.17) is 5.73 Å². The highest BCUT2D eigenvalue weighted by atomic mass is 19.1. The minimum absolute atomic E-state index is 0.255. The fourth-order valence-corrected chi connectivity index (χ4v) is 1.77. The Morgan fingerprint density at radius 2 is 1.82 bits per heavy atom. The van der Waals surface area contributed by atoms with Gasteiger partial charge in [0.1, 0.15) is 11.6 Å². The number of anilines is 1. The number of nitrogen functional groups attached to an aromatic ring is 1. The van der Waals surface area contributed by atoms with Crippen molar-refractivity contribution in [1.29, 1.82) is 0 Å². The molecule has 0 radical (unpaired) electrons. The molecule has 3 aromatic rings. The molecular weight excluding hydrogens is 217 g/mol. The van der Waals surface area contributed by atoms with Crippen molar-refractivity contribution in [2.45, 2.75) is 0 Å². The average molecular weight is 227 g/mol. The van der Waals surface area contributed by atoms with E-state index in [0.717, 1.165) is 16.6 Å². The van der Waals surface area contributed by atoms with Gasteiger partial charge in [-0.1, -0.05) is 0 Å². The summed E-state index contributed by atoms with van der Waals surface area (Å²) in [7, 11) is 0. The number of nitrogens with two attached hydrogens (primary N) is 1. The lowest BCUT2D eigenvalue weighted by Gasteiger charge is -1.94. The Balaban J connectivity index is 2.14. The third-order valence-electron chi connectivity index (χ3n) is 2.62. The number of H-pyrrole nitrogens is 1. The number of benzene rings is 2. The van der Waals surface area contributed by atoms with Gasteiger partial charge in [0.2, 0.25) is 0 Å². The molecule has 0 aliphatic carbocycles. The van der Waals surface area contributed by atoms with E-state index in [9.17, 15) is 4.39 Å². The van der Waals surface area contributed by atoms with Gasteiger partial charge >= 0.3 is 0 Å². The number of aromatic nitrogens is 2. The maximum absolute atomic E-state index is 12.8. The fraction of sp³-hybridized carbons (Fsp3) is 0. The molecule has 0 amide bonds. The summed E-state index contributed by atoms with van der Waals surface area (Å²) in [5.74, 6) is 0.458. The van der Waals surface area contributed by atoms with Crippen LogP contribution in [0.1, 0.15) is 0 Å². The Hall–Kier alpha value is -2.36. The molecule has 0 spiro atoms. The predicted octanol–water partition coefficient (Wildman–Crippen LogP) is 2.95. The molecule has 1 heterocycles. The molecule has 0 aliphatic heterocycles. The normalized spacial score (nSPS) is 10.9. The first-order valence-electron chi connectivity index (χ1n) is 5.23. The topological polar surface area (TPSA) is 54.7 Å². The molecule has 0 saturated heterocycles. The Kier molecular flexibility index (Phi) is 2.08. The Morgan fingerprint density at radius 1 is 1.06 bits per heavy atom. The summed E-state index contributed by atoms with van der Waals surface area (Å²) in [6.45, 7) is 0. The van der Waals surface area contributed by atoms with Gasteiger partial charge in [-0.3, -0.25) is 0 Å². The molecule has 0 unspecified atom stereocenters. The first kappa shape index (κ1) is 9.84. The van der Waals surface area contributed by atoms with Gasteiger partial charge in [0.25, 0.3) is 0 Å². The SMILES string of the molecule is Nc1ccc2nc(-c3ccc(F)cc3)[nH]c2c1.